The topological polar surface area (TPSA) is 41.8 Å². The highest BCUT2D eigenvalue weighted by Gasteiger charge is 2.29. The fourth-order valence-corrected chi connectivity index (χ4v) is 2.46. The molecule has 18 heavy (non-hydrogen) atoms. The molecular weight excluding hydrogens is 226 g/mol. The van der Waals surface area contributed by atoms with E-state index < -0.39 is 0 Å². The lowest BCUT2D eigenvalue weighted by Gasteiger charge is -2.29. The highest BCUT2D eigenvalue weighted by atomic mass is 16.5. The number of nitrogens with zero attached hydrogens (tertiary/aromatic N) is 1. The summed E-state index contributed by atoms with van der Waals surface area (Å²) in [7, 11) is 1.61. The van der Waals surface area contributed by atoms with E-state index in [1.807, 2.05) is 6.21 Å². The van der Waals surface area contributed by atoms with Crippen molar-refractivity contribution in [1.82, 2.24) is 0 Å². The molecule has 0 radical (unpaired) electrons. The van der Waals surface area contributed by atoms with E-state index in [1.54, 1.807) is 7.11 Å². The van der Waals surface area contributed by atoms with Gasteiger partial charge in [-0.15, -0.1) is 0 Å². The van der Waals surface area contributed by atoms with E-state index in [0.29, 0.717) is 12.2 Å². The number of aliphatic imine (C=N–C) groups is 1. The monoisotopic (exact) mass is 245 g/mol. The molecule has 96 valence electrons. The molecule has 1 aliphatic heterocycles. The van der Waals surface area contributed by atoms with Crippen LogP contribution in [-0.2, 0) is 4.74 Å². The predicted molar refractivity (Wildman–Crippen MR) is 73.2 cm³/mol. The molecule has 3 heteroatoms. The third-order valence-electron chi connectivity index (χ3n) is 3.43. The van der Waals surface area contributed by atoms with Gasteiger partial charge in [-0.3, -0.25) is 4.99 Å². The van der Waals surface area contributed by atoms with Gasteiger partial charge in [0.05, 0.1) is 7.11 Å². The van der Waals surface area contributed by atoms with E-state index in [2.05, 4.69) is 36.7 Å². The van der Waals surface area contributed by atoms with Crippen LogP contribution in [-0.4, -0.2) is 31.1 Å². The molecule has 2 unspecified atom stereocenters. The van der Waals surface area contributed by atoms with Crippen molar-refractivity contribution < 1.29 is 9.84 Å². The summed E-state index contributed by atoms with van der Waals surface area (Å²) in [5, 5.41) is 9.25. The normalized spacial score (nSPS) is 21.5. The molecule has 0 saturated heterocycles. The molecule has 0 aliphatic carbocycles. The van der Waals surface area contributed by atoms with Crippen molar-refractivity contribution in [2.45, 2.75) is 25.3 Å². The Morgan fingerprint density at radius 2 is 2.28 bits per heavy atom. The van der Waals surface area contributed by atoms with E-state index in [0.717, 1.165) is 5.56 Å². The average Bonchev–Trinajstić information content (AvgIpc) is 2.38. The number of aryl methyl sites for hydroxylation is 1. The summed E-state index contributed by atoms with van der Waals surface area (Å²) in [5.41, 5.74) is 3.56. The van der Waals surface area contributed by atoms with Crippen LogP contribution < -0.4 is 0 Å². The first kappa shape index (κ1) is 12.8. The van der Waals surface area contributed by atoms with Crippen LogP contribution in [0.25, 0.3) is 0 Å². The van der Waals surface area contributed by atoms with Crippen LogP contribution in [0, 0.1) is 6.92 Å². The van der Waals surface area contributed by atoms with E-state index >= 15 is 0 Å². The van der Waals surface area contributed by atoms with Gasteiger partial charge in [-0.05, 0) is 24.5 Å². The summed E-state index contributed by atoms with van der Waals surface area (Å²) in [6.45, 7) is 6.11. The number of benzene rings is 1. The number of ether oxygens (including phenoxy) is 1. The second-order valence-electron chi connectivity index (χ2n) is 4.64. The summed E-state index contributed by atoms with van der Waals surface area (Å²) >= 11 is 0. The Morgan fingerprint density at radius 3 is 2.94 bits per heavy atom. The molecule has 2 rings (SSSR count). The molecule has 1 aromatic rings. The van der Waals surface area contributed by atoms with Gasteiger partial charge < -0.3 is 9.84 Å². The number of hydrogen-bond acceptors (Lipinski definition) is 3. The smallest absolute Gasteiger partial charge is 0.113 e. The fourth-order valence-electron chi connectivity index (χ4n) is 2.46. The lowest BCUT2D eigenvalue weighted by Crippen LogP contribution is -2.25. The maximum Gasteiger partial charge on any atom is 0.113 e. The number of hydrogen-bond donors (Lipinski definition) is 1. The number of methoxy groups -OCH3 is 1. The van der Waals surface area contributed by atoms with Gasteiger partial charge in [-0.25, -0.2) is 0 Å². The van der Waals surface area contributed by atoms with Crippen LogP contribution in [0.4, 0.5) is 0 Å². The van der Waals surface area contributed by atoms with Gasteiger partial charge in [-0.1, -0.05) is 30.3 Å². The second-order valence-corrected chi connectivity index (χ2v) is 4.64. The molecule has 1 heterocycles. The Balaban J connectivity index is 2.41. The molecule has 2 atom stereocenters. The molecule has 1 aromatic carbocycles. The van der Waals surface area contributed by atoms with Crippen LogP contribution in [0.2, 0.25) is 0 Å². The summed E-state index contributed by atoms with van der Waals surface area (Å²) < 4.78 is 5.22. The standard InChI is InChI=1S/C15H19NO2/c1-10-4-5-13-12(8-10)9-16-15(11(2)18-3)14(13)6-7-17/h4-5,8-9,14-15,17H,2,6-7H2,1,3H3. The second kappa shape index (κ2) is 5.36. The Labute approximate surface area is 108 Å². The van der Waals surface area contributed by atoms with E-state index in [4.69, 9.17) is 4.74 Å². The van der Waals surface area contributed by atoms with Gasteiger partial charge in [-0.2, -0.15) is 0 Å². The number of aliphatic hydroxyl groups is 1. The zero-order chi connectivity index (χ0) is 13.1. The van der Waals surface area contributed by atoms with Gasteiger partial charge in [0.1, 0.15) is 11.8 Å². The summed E-state index contributed by atoms with van der Waals surface area (Å²) in [6.07, 6.45) is 2.55. The molecule has 0 spiro atoms. The Kier molecular flexibility index (Phi) is 3.82. The zero-order valence-electron chi connectivity index (χ0n) is 10.9. The highest BCUT2D eigenvalue weighted by molar-refractivity contribution is 5.84. The third kappa shape index (κ3) is 2.31. The van der Waals surface area contributed by atoms with Crippen LogP contribution in [0.5, 0.6) is 0 Å². The maximum absolute atomic E-state index is 9.25. The molecule has 0 bridgehead atoms. The molecule has 1 aliphatic rings. The van der Waals surface area contributed by atoms with Crippen molar-refractivity contribution in [2.75, 3.05) is 13.7 Å². The molecule has 0 fully saturated rings. The van der Waals surface area contributed by atoms with Crippen molar-refractivity contribution in [3.8, 4) is 0 Å². The van der Waals surface area contributed by atoms with Crippen LogP contribution in [0.1, 0.15) is 29.0 Å². The van der Waals surface area contributed by atoms with Gasteiger partial charge in [0.2, 0.25) is 0 Å². The van der Waals surface area contributed by atoms with Crippen molar-refractivity contribution in [2.24, 2.45) is 4.99 Å². The van der Waals surface area contributed by atoms with Gasteiger partial charge in [0.15, 0.2) is 0 Å². The number of fused-ring (bicyclic) bond motifs is 1. The van der Waals surface area contributed by atoms with Crippen LogP contribution >= 0.6 is 0 Å². The Morgan fingerprint density at radius 1 is 1.50 bits per heavy atom. The first-order valence-corrected chi connectivity index (χ1v) is 6.14. The minimum atomic E-state index is -0.0997. The van der Waals surface area contributed by atoms with Crippen molar-refractivity contribution >= 4 is 6.21 Å². The third-order valence-corrected chi connectivity index (χ3v) is 3.43. The molecule has 1 N–H and O–H groups in total. The highest BCUT2D eigenvalue weighted by Crippen LogP contribution is 2.34. The van der Waals surface area contributed by atoms with Crippen LogP contribution in [0.15, 0.2) is 35.5 Å². The molecule has 0 aromatic heterocycles. The minimum absolute atomic E-state index is 0.0997. The molecule has 0 amide bonds. The number of rotatable bonds is 4. The minimum Gasteiger partial charge on any atom is -0.499 e. The summed E-state index contributed by atoms with van der Waals surface area (Å²) in [4.78, 5) is 4.52. The lowest BCUT2D eigenvalue weighted by molar-refractivity contribution is 0.232. The molecule has 0 saturated carbocycles. The average molecular weight is 245 g/mol. The van der Waals surface area contributed by atoms with Crippen molar-refractivity contribution in [3.05, 3.63) is 47.2 Å². The molecular formula is C15H19NO2. The van der Waals surface area contributed by atoms with Crippen LogP contribution in [0.3, 0.4) is 0 Å². The largest absolute Gasteiger partial charge is 0.499 e. The lowest BCUT2D eigenvalue weighted by atomic mass is 9.83. The Hall–Kier alpha value is -1.61. The van der Waals surface area contributed by atoms with E-state index in [9.17, 15) is 5.11 Å². The van der Waals surface area contributed by atoms with Gasteiger partial charge in [0, 0.05) is 18.7 Å². The summed E-state index contributed by atoms with van der Waals surface area (Å²) in [6, 6.07) is 6.23. The first-order chi connectivity index (χ1) is 8.67. The Bertz CT molecular complexity index is 479. The fraction of sp³-hybridized carbons (Fsp3) is 0.400. The first-order valence-electron chi connectivity index (χ1n) is 6.14. The number of aliphatic hydroxyl groups excluding tert-OH is 1. The van der Waals surface area contributed by atoms with Gasteiger partial charge >= 0.3 is 0 Å². The molecule has 3 nitrogen and oxygen atoms in total. The summed E-state index contributed by atoms with van der Waals surface area (Å²) in [5.74, 6) is 0.791. The SMILES string of the molecule is C=C(OC)C1N=Cc2cc(C)ccc2C1CCO. The van der Waals surface area contributed by atoms with E-state index in [-0.39, 0.29) is 18.6 Å². The van der Waals surface area contributed by atoms with Gasteiger partial charge in [0.25, 0.3) is 0 Å². The van der Waals surface area contributed by atoms with E-state index in [1.165, 1.54) is 11.1 Å². The quantitative estimate of drug-likeness (QED) is 0.828. The van der Waals surface area contributed by atoms with Crippen molar-refractivity contribution in [1.29, 1.82) is 0 Å². The maximum atomic E-state index is 9.25. The predicted octanol–water partition coefficient (Wildman–Crippen LogP) is 2.42. The van der Waals surface area contributed by atoms with Crippen molar-refractivity contribution in [3.63, 3.8) is 0 Å². The zero-order valence-corrected chi connectivity index (χ0v) is 10.9.